The van der Waals surface area contributed by atoms with E-state index in [4.69, 9.17) is 19.3 Å². The molecular formula is C15H30O5. The van der Waals surface area contributed by atoms with E-state index in [9.17, 15) is 4.79 Å². The molecule has 0 spiro atoms. The van der Waals surface area contributed by atoms with E-state index in [0.29, 0.717) is 45.9 Å². The summed E-state index contributed by atoms with van der Waals surface area (Å²) < 4.78 is 16.1. The van der Waals surface area contributed by atoms with Crippen molar-refractivity contribution in [3.05, 3.63) is 0 Å². The Morgan fingerprint density at radius 1 is 0.950 bits per heavy atom. The molecule has 0 aromatic carbocycles. The number of rotatable bonds is 14. The lowest BCUT2D eigenvalue weighted by atomic mass is 9.84. The zero-order chi connectivity index (χ0) is 15.3. The van der Waals surface area contributed by atoms with Crippen molar-refractivity contribution >= 4 is 5.97 Å². The molecule has 0 saturated carbocycles. The lowest BCUT2D eigenvalue weighted by Gasteiger charge is -2.22. The Kier molecular flexibility index (Phi) is 11.7. The molecule has 20 heavy (non-hydrogen) atoms. The number of carboxylic acid groups (broad SMARTS) is 1. The highest BCUT2D eigenvalue weighted by molar-refractivity contribution is 5.73. The van der Waals surface area contributed by atoms with E-state index < -0.39 is 11.4 Å². The van der Waals surface area contributed by atoms with Crippen LogP contribution in [0.2, 0.25) is 0 Å². The molecule has 0 rings (SSSR count). The molecule has 0 aromatic rings. The molecule has 1 atom stereocenters. The smallest absolute Gasteiger partial charge is 0.309 e. The molecule has 0 radical (unpaired) electrons. The number of carbonyl (C=O) groups is 1. The van der Waals surface area contributed by atoms with Crippen molar-refractivity contribution in [2.45, 2.75) is 46.5 Å². The van der Waals surface area contributed by atoms with E-state index in [1.807, 2.05) is 6.92 Å². The first-order valence-corrected chi connectivity index (χ1v) is 7.53. The molecular weight excluding hydrogens is 260 g/mol. The van der Waals surface area contributed by atoms with Crippen LogP contribution in [0.1, 0.15) is 46.5 Å². The fraction of sp³-hybridized carbons (Fsp3) is 0.933. The van der Waals surface area contributed by atoms with Gasteiger partial charge in [0.05, 0.1) is 31.8 Å². The average Bonchev–Trinajstić information content (AvgIpc) is 2.44. The Hall–Kier alpha value is -0.650. The van der Waals surface area contributed by atoms with Gasteiger partial charge in [-0.15, -0.1) is 0 Å². The Labute approximate surface area is 122 Å². The van der Waals surface area contributed by atoms with E-state index >= 15 is 0 Å². The van der Waals surface area contributed by atoms with Crippen LogP contribution < -0.4 is 0 Å². The third-order valence-electron chi connectivity index (χ3n) is 3.48. The van der Waals surface area contributed by atoms with Crippen molar-refractivity contribution in [3.8, 4) is 0 Å². The maximum atomic E-state index is 11.1. The van der Waals surface area contributed by atoms with Gasteiger partial charge in [0.25, 0.3) is 0 Å². The number of unbranched alkanes of at least 4 members (excludes halogenated alkanes) is 1. The first kappa shape index (κ1) is 19.4. The highest BCUT2D eigenvalue weighted by atomic mass is 16.5. The number of carboxylic acids is 1. The van der Waals surface area contributed by atoms with Crippen LogP contribution >= 0.6 is 0 Å². The van der Waals surface area contributed by atoms with E-state index in [-0.39, 0.29) is 0 Å². The first-order chi connectivity index (χ1) is 9.56. The van der Waals surface area contributed by atoms with Crippen LogP contribution in [-0.2, 0) is 19.0 Å². The van der Waals surface area contributed by atoms with Gasteiger partial charge in [0.2, 0.25) is 0 Å². The summed E-state index contributed by atoms with van der Waals surface area (Å²) in [7, 11) is 0. The lowest BCUT2D eigenvalue weighted by Crippen LogP contribution is -2.28. The second-order valence-corrected chi connectivity index (χ2v) is 5.16. The zero-order valence-electron chi connectivity index (χ0n) is 13.2. The minimum Gasteiger partial charge on any atom is -0.481 e. The molecule has 0 aliphatic rings. The molecule has 5 heteroatoms. The SMILES string of the molecule is CCCCOCCOCCOCCC(C)(CC)C(=O)O. The topological polar surface area (TPSA) is 65.0 Å². The Morgan fingerprint density at radius 3 is 1.90 bits per heavy atom. The van der Waals surface area contributed by atoms with Crippen molar-refractivity contribution in [1.82, 2.24) is 0 Å². The first-order valence-electron chi connectivity index (χ1n) is 7.53. The average molecular weight is 290 g/mol. The molecule has 1 unspecified atom stereocenters. The fourth-order valence-electron chi connectivity index (χ4n) is 1.52. The van der Waals surface area contributed by atoms with E-state index in [2.05, 4.69) is 6.92 Å². The van der Waals surface area contributed by atoms with Crippen LogP contribution in [0.25, 0.3) is 0 Å². The molecule has 0 fully saturated rings. The summed E-state index contributed by atoms with van der Waals surface area (Å²) in [6.45, 7) is 9.22. The largest absolute Gasteiger partial charge is 0.481 e. The molecule has 5 nitrogen and oxygen atoms in total. The molecule has 0 amide bonds. The predicted molar refractivity (Wildman–Crippen MR) is 78.0 cm³/mol. The summed E-state index contributed by atoms with van der Waals surface area (Å²) >= 11 is 0. The number of hydrogen-bond acceptors (Lipinski definition) is 4. The van der Waals surface area contributed by atoms with Crippen LogP contribution in [0.4, 0.5) is 0 Å². The van der Waals surface area contributed by atoms with Crippen LogP contribution in [0, 0.1) is 5.41 Å². The van der Waals surface area contributed by atoms with Gasteiger partial charge in [-0.3, -0.25) is 4.79 Å². The van der Waals surface area contributed by atoms with E-state index in [0.717, 1.165) is 19.4 Å². The minimum absolute atomic E-state index is 0.451. The second kappa shape index (κ2) is 12.1. The predicted octanol–water partition coefficient (Wildman–Crippen LogP) is 2.73. The second-order valence-electron chi connectivity index (χ2n) is 5.16. The van der Waals surface area contributed by atoms with E-state index in [1.165, 1.54) is 0 Å². The Balaban J connectivity index is 3.34. The summed E-state index contributed by atoms with van der Waals surface area (Å²) in [6.07, 6.45) is 3.36. The Morgan fingerprint density at radius 2 is 1.45 bits per heavy atom. The molecule has 120 valence electrons. The van der Waals surface area contributed by atoms with Crippen molar-refractivity contribution < 1.29 is 24.1 Å². The molecule has 0 heterocycles. The molecule has 1 N–H and O–H groups in total. The van der Waals surface area contributed by atoms with Gasteiger partial charge < -0.3 is 19.3 Å². The molecule has 0 saturated heterocycles. The van der Waals surface area contributed by atoms with Gasteiger partial charge in [-0.2, -0.15) is 0 Å². The lowest BCUT2D eigenvalue weighted by molar-refractivity contribution is -0.149. The summed E-state index contributed by atoms with van der Waals surface area (Å²) in [6, 6.07) is 0. The maximum Gasteiger partial charge on any atom is 0.309 e. The minimum atomic E-state index is -0.760. The van der Waals surface area contributed by atoms with Gasteiger partial charge in [-0.1, -0.05) is 20.3 Å². The highest BCUT2D eigenvalue weighted by Gasteiger charge is 2.30. The van der Waals surface area contributed by atoms with Gasteiger partial charge in [-0.25, -0.2) is 0 Å². The number of ether oxygens (including phenoxy) is 3. The molecule has 0 aliphatic carbocycles. The quantitative estimate of drug-likeness (QED) is 0.498. The summed E-state index contributed by atoms with van der Waals surface area (Å²) in [4.78, 5) is 11.1. The van der Waals surface area contributed by atoms with Crippen LogP contribution in [0.3, 0.4) is 0 Å². The van der Waals surface area contributed by atoms with E-state index in [1.54, 1.807) is 6.92 Å². The van der Waals surface area contributed by atoms with Gasteiger partial charge in [0, 0.05) is 13.2 Å². The van der Waals surface area contributed by atoms with Crippen molar-refractivity contribution in [3.63, 3.8) is 0 Å². The van der Waals surface area contributed by atoms with Crippen molar-refractivity contribution in [2.24, 2.45) is 5.41 Å². The highest BCUT2D eigenvalue weighted by Crippen LogP contribution is 2.25. The van der Waals surface area contributed by atoms with Crippen molar-refractivity contribution in [1.29, 1.82) is 0 Å². The standard InChI is InChI=1S/C15H30O5/c1-4-6-8-18-10-12-20-13-11-19-9-7-15(3,5-2)14(16)17/h4-13H2,1-3H3,(H,16,17). The van der Waals surface area contributed by atoms with Crippen LogP contribution in [0.5, 0.6) is 0 Å². The third-order valence-corrected chi connectivity index (χ3v) is 3.48. The Bertz CT molecular complexity index is 244. The van der Waals surface area contributed by atoms with Crippen molar-refractivity contribution in [2.75, 3.05) is 39.6 Å². The zero-order valence-corrected chi connectivity index (χ0v) is 13.2. The summed E-state index contributed by atoms with van der Waals surface area (Å²) in [5.41, 5.74) is -0.687. The molecule has 0 aromatic heterocycles. The third kappa shape index (κ3) is 9.28. The fourth-order valence-corrected chi connectivity index (χ4v) is 1.52. The number of hydrogen-bond donors (Lipinski definition) is 1. The van der Waals surface area contributed by atoms with Crippen LogP contribution in [0.15, 0.2) is 0 Å². The van der Waals surface area contributed by atoms with Gasteiger partial charge in [-0.05, 0) is 26.2 Å². The van der Waals surface area contributed by atoms with Crippen LogP contribution in [-0.4, -0.2) is 50.7 Å². The van der Waals surface area contributed by atoms with Gasteiger partial charge in [0.1, 0.15) is 0 Å². The number of aliphatic carboxylic acids is 1. The van der Waals surface area contributed by atoms with Gasteiger partial charge >= 0.3 is 5.97 Å². The molecule has 0 bridgehead atoms. The van der Waals surface area contributed by atoms with Gasteiger partial charge in [0.15, 0.2) is 0 Å². The maximum absolute atomic E-state index is 11.1. The summed E-state index contributed by atoms with van der Waals surface area (Å²) in [5.74, 6) is -0.760. The monoisotopic (exact) mass is 290 g/mol. The normalized spacial score (nSPS) is 14.2. The molecule has 0 aliphatic heterocycles. The summed E-state index contributed by atoms with van der Waals surface area (Å²) in [5, 5.41) is 9.10.